The van der Waals surface area contributed by atoms with Crippen LogP contribution in [0, 0.1) is 11.8 Å². The topological polar surface area (TPSA) is 82.9 Å². The number of carbonyl (C=O) groups excluding carboxylic acids is 2. The Balaban J connectivity index is 0.00000289. The molecule has 10 heteroatoms. The third-order valence-corrected chi connectivity index (χ3v) is 8.37. The van der Waals surface area contributed by atoms with Gasteiger partial charge in [0, 0.05) is 25.8 Å². The maximum absolute atomic E-state index is 13.6. The first-order valence-corrected chi connectivity index (χ1v) is 13.2. The molecular weight excluding hydrogens is 452 g/mol. The number of piperidine rings is 1. The lowest BCUT2D eigenvalue weighted by Gasteiger charge is -2.29. The lowest BCUT2D eigenvalue weighted by Crippen LogP contribution is -2.44. The fourth-order valence-corrected chi connectivity index (χ4v) is 6.86. The van der Waals surface area contributed by atoms with Crippen LogP contribution in [0.1, 0.15) is 55.7 Å². The van der Waals surface area contributed by atoms with Gasteiger partial charge >= 0.3 is 0 Å². The molecule has 1 aromatic rings. The molecular formula is C22H35ClN4O4S. The van der Waals surface area contributed by atoms with E-state index in [0.29, 0.717) is 18.7 Å². The number of halogens is 1. The summed E-state index contributed by atoms with van der Waals surface area (Å²) in [6, 6.07) is 3.00. The molecule has 0 spiro atoms. The van der Waals surface area contributed by atoms with Gasteiger partial charge < -0.3 is 9.47 Å². The molecule has 0 aliphatic carbocycles. The van der Waals surface area contributed by atoms with E-state index in [1.807, 2.05) is 37.6 Å². The monoisotopic (exact) mass is 486 g/mol. The highest BCUT2D eigenvalue weighted by Gasteiger charge is 2.58. The predicted molar refractivity (Wildman–Crippen MR) is 125 cm³/mol. The molecule has 0 radical (unpaired) electrons. The highest BCUT2D eigenvalue weighted by Crippen LogP contribution is 2.41. The third kappa shape index (κ3) is 4.31. The van der Waals surface area contributed by atoms with E-state index in [1.54, 1.807) is 4.90 Å². The Morgan fingerprint density at radius 3 is 2.38 bits per heavy atom. The average molecular weight is 487 g/mol. The molecule has 3 aliphatic rings. The van der Waals surface area contributed by atoms with E-state index in [9.17, 15) is 18.0 Å². The predicted octanol–water partition coefficient (Wildman–Crippen LogP) is 2.09. The normalized spacial score (nSPS) is 26.5. The van der Waals surface area contributed by atoms with Crippen molar-refractivity contribution in [3.63, 3.8) is 0 Å². The summed E-state index contributed by atoms with van der Waals surface area (Å²) in [5.74, 6) is -1.04. The SMILES string of the molecule is CC(C)[C@@H]1C(=O)N(S(C)(=O)=O)[C@@H]2CCN(C(=O)c3ccc(CN4CCCCC4)n3C)[C@H]21.Cl. The van der Waals surface area contributed by atoms with Crippen molar-refractivity contribution in [3.05, 3.63) is 23.5 Å². The Hall–Kier alpha value is -1.58. The number of sulfonamides is 1. The Morgan fingerprint density at radius 1 is 1.12 bits per heavy atom. The third-order valence-electron chi connectivity index (χ3n) is 7.21. The maximum atomic E-state index is 13.6. The maximum Gasteiger partial charge on any atom is 0.270 e. The minimum Gasteiger partial charge on any atom is -0.342 e. The number of hydrogen-bond acceptors (Lipinski definition) is 5. The van der Waals surface area contributed by atoms with Crippen LogP contribution in [-0.2, 0) is 28.4 Å². The van der Waals surface area contributed by atoms with Crippen LogP contribution in [0.15, 0.2) is 12.1 Å². The molecule has 1 aromatic heterocycles. The zero-order valence-electron chi connectivity index (χ0n) is 19.4. The Bertz CT molecular complexity index is 971. The second kappa shape index (κ2) is 9.35. The number of carbonyl (C=O) groups is 2. The van der Waals surface area contributed by atoms with E-state index in [1.165, 1.54) is 19.3 Å². The van der Waals surface area contributed by atoms with E-state index in [0.717, 1.165) is 35.9 Å². The van der Waals surface area contributed by atoms with Crippen LogP contribution in [0.2, 0.25) is 0 Å². The van der Waals surface area contributed by atoms with Crippen molar-refractivity contribution in [1.29, 1.82) is 0 Å². The molecule has 0 N–H and O–H groups in total. The molecule has 3 fully saturated rings. The highest BCUT2D eigenvalue weighted by molar-refractivity contribution is 7.88. The minimum absolute atomic E-state index is 0. The second-order valence-electron chi connectivity index (χ2n) is 9.62. The summed E-state index contributed by atoms with van der Waals surface area (Å²) in [4.78, 5) is 30.7. The fraction of sp³-hybridized carbons (Fsp3) is 0.727. The number of rotatable bonds is 5. The van der Waals surface area contributed by atoms with E-state index in [2.05, 4.69) is 4.90 Å². The van der Waals surface area contributed by atoms with Gasteiger partial charge in [0.1, 0.15) is 5.69 Å². The van der Waals surface area contributed by atoms with E-state index < -0.39 is 28.0 Å². The van der Waals surface area contributed by atoms with E-state index in [4.69, 9.17) is 0 Å². The number of aromatic nitrogens is 1. The Labute approximate surface area is 197 Å². The second-order valence-corrected chi connectivity index (χ2v) is 11.5. The van der Waals surface area contributed by atoms with Crippen LogP contribution in [0.5, 0.6) is 0 Å². The molecule has 0 aromatic carbocycles. The molecule has 180 valence electrons. The number of amides is 2. The van der Waals surface area contributed by atoms with Crippen LogP contribution >= 0.6 is 12.4 Å². The summed E-state index contributed by atoms with van der Waals surface area (Å²) in [5, 5.41) is 0. The molecule has 3 saturated heterocycles. The quantitative estimate of drug-likeness (QED) is 0.636. The average Bonchev–Trinajstić information content (AvgIpc) is 3.34. The molecule has 3 aliphatic heterocycles. The van der Waals surface area contributed by atoms with Crippen molar-refractivity contribution >= 4 is 34.2 Å². The number of fused-ring (bicyclic) bond motifs is 1. The van der Waals surface area contributed by atoms with Gasteiger partial charge in [-0.1, -0.05) is 20.3 Å². The van der Waals surface area contributed by atoms with Gasteiger partial charge in [-0.3, -0.25) is 14.5 Å². The van der Waals surface area contributed by atoms with Crippen molar-refractivity contribution < 1.29 is 18.0 Å². The minimum atomic E-state index is -3.67. The number of nitrogens with zero attached hydrogens (tertiary/aromatic N) is 4. The molecule has 0 bridgehead atoms. The number of hydrogen-bond donors (Lipinski definition) is 0. The molecule has 8 nitrogen and oxygen atoms in total. The first-order valence-electron chi connectivity index (χ1n) is 11.3. The summed E-state index contributed by atoms with van der Waals surface area (Å²) in [5.41, 5.74) is 1.70. The van der Waals surface area contributed by atoms with Crippen LogP contribution in [0.25, 0.3) is 0 Å². The molecule has 3 atom stereocenters. The van der Waals surface area contributed by atoms with Gasteiger partial charge in [0.25, 0.3) is 5.91 Å². The van der Waals surface area contributed by atoms with Crippen molar-refractivity contribution in [2.24, 2.45) is 18.9 Å². The van der Waals surface area contributed by atoms with E-state index in [-0.39, 0.29) is 30.1 Å². The van der Waals surface area contributed by atoms with E-state index >= 15 is 0 Å². The Kier molecular flexibility index (Phi) is 7.32. The van der Waals surface area contributed by atoms with Gasteiger partial charge in [0.2, 0.25) is 15.9 Å². The van der Waals surface area contributed by atoms with Gasteiger partial charge in [-0.05, 0) is 50.4 Å². The summed E-state index contributed by atoms with van der Waals surface area (Å²) in [6.07, 6.45) is 5.29. The number of likely N-dealkylation sites (tertiary alicyclic amines) is 2. The van der Waals surface area contributed by atoms with Crippen molar-refractivity contribution in [2.45, 2.75) is 58.2 Å². The van der Waals surface area contributed by atoms with Gasteiger partial charge in [-0.15, -0.1) is 12.4 Å². The first kappa shape index (κ1) is 25.1. The molecule has 4 heterocycles. The zero-order chi connectivity index (χ0) is 22.5. The van der Waals surface area contributed by atoms with Gasteiger partial charge in [-0.25, -0.2) is 12.7 Å². The van der Waals surface area contributed by atoms with Gasteiger partial charge in [0.05, 0.1) is 24.3 Å². The summed E-state index contributed by atoms with van der Waals surface area (Å²) < 4.78 is 27.7. The summed E-state index contributed by atoms with van der Waals surface area (Å²) in [6.45, 7) is 7.30. The van der Waals surface area contributed by atoms with Crippen LogP contribution < -0.4 is 0 Å². The molecule has 2 amide bonds. The van der Waals surface area contributed by atoms with Gasteiger partial charge in [-0.2, -0.15) is 0 Å². The highest BCUT2D eigenvalue weighted by atomic mass is 35.5. The zero-order valence-corrected chi connectivity index (χ0v) is 21.0. The lowest BCUT2D eigenvalue weighted by atomic mass is 9.88. The molecule has 0 unspecified atom stereocenters. The van der Waals surface area contributed by atoms with Crippen molar-refractivity contribution in [3.8, 4) is 0 Å². The standard InChI is InChI=1S/C22H34N4O4S.ClH/c1-15(2)19-20-17(26(22(19)28)31(4,29)30)10-13-25(20)21(27)18-9-8-16(23(18)3)14-24-11-6-5-7-12-24;/h8-9,15,17,19-20H,5-7,10-14H2,1-4H3;1H/t17-,19+,20-;/m1./s1. The van der Waals surface area contributed by atoms with Crippen molar-refractivity contribution in [2.75, 3.05) is 25.9 Å². The van der Waals surface area contributed by atoms with Crippen LogP contribution in [0.4, 0.5) is 0 Å². The van der Waals surface area contributed by atoms with Gasteiger partial charge in [0.15, 0.2) is 0 Å². The molecule has 4 rings (SSSR count). The first-order chi connectivity index (χ1) is 14.6. The Morgan fingerprint density at radius 2 is 1.78 bits per heavy atom. The fourth-order valence-electron chi connectivity index (χ4n) is 5.69. The lowest BCUT2D eigenvalue weighted by molar-refractivity contribution is -0.129. The smallest absolute Gasteiger partial charge is 0.270 e. The molecule has 32 heavy (non-hydrogen) atoms. The van der Waals surface area contributed by atoms with Crippen LogP contribution in [0.3, 0.4) is 0 Å². The van der Waals surface area contributed by atoms with Crippen LogP contribution in [-0.4, -0.2) is 76.9 Å². The van der Waals surface area contributed by atoms with Crippen molar-refractivity contribution in [1.82, 2.24) is 18.7 Å². The molecule has 0 saturated carbocycles. The largest absolute Gasteiger partial charge is 0.342 e. The summed E-state index contributed by atoms with van der Waals surface area (Å²) >= 11 is 0. The summed E-state index contributed by atoms with van der Waals surface area (Å²) in [7, 11) is -1.75.